The topological polar surface area (TPSA) is 3.24 Å². The summed E-state index contributed by atoms with van der Waals surface area (Å²) in [6, 6.07) is 8.85. The maximum absolute atomic E-state index is 6.14. The largest absolute Gasteiger partial charge is 0.370 e. The van der Waals surface area contributed by atoms with Crippen LogP contribution in [0, 0.1) is 6.07 Å². The summed E-state index contributed by atoms with van der Waals surface area (Å²) in [7, 11) is 0. The fourth-order valence-electron chi connectivity index (χ4n) is 1.97. The molecule has 14 heavy (non-hydrogen) atoms. The van der Waals surface area contributed by atoms with Crippen molar-refractivity contribution in [2.75, 3.05) is 18.0 Å². The number of hydrogen-bond donors (Lipinski definition) is 0. The molecule has 1 saturated heterocycles. The molecule has 1 radical (unpaired) electrons. The van der Waals surface area contributed by atoms with Gasteiger partial charge in [0.1, 0.15) is 0 Å². The normalized spacial score (nSPS) is 17.9. The van der Waals surface area contributed by atoms with Gasteiger partial charge in [-0.25, -0.2) is 0 Å². The molecule has 1 aliphatic rings. The summed E-state index contributed by atoms with van der Waals surface area (Å²) in [5.74, 6) is 0. The van der Waals surface area contributed by atoms with Crippen molar-refractivity contribution in [3.63, 3.8) is 0 Å². The summed E-state index contributed by atoms with van der Waals surface area (Å²) in [5.41, 5.74) is 1.17. The van der Waals surface area contributed by atoms with Crippen molar-refractivity contribution in [3.8, 4) is 0 Å². The lowest BCUT2D eigenvalue weighted by Gasteiger charge is -2.23. The van der Waals surface area contributed by atoms with Gasteiger partial charge >= 0.3 is 0 Å². The molecule has 1 heterocycles. The molecular formula is C12H15ClN. The number of benzene rings is 1. The van der Waals surface area contributed by atoms with Crippen molar-refractivity contribution in [1.29, 1.82) is 0 Å². The molecule has 1 nitrogen and oxygen atoms in total. The van der Waals surface area contributed by atoms with E-state index in [1.807, 2.05) is 12.1 Å². The molecule has 0 atom stereocenters. The first-order valence-electron chi connectivity index (χ1n) is 5.28. The Kier molecular flexibility index (Phi) is 3.30. The molecule has 0 aliphatic carbocycles. The van der Waals surface area contributed by atoms with Gasteiger partial charge in [0, 0.05) is 13.1 Å². The highest BCUT2D eigenvalue weighted by Crippen LogP contribution is 2.26. The molecule has 75 valence electrons. The fraction of sp³-hybridized carbons (Fsp3) is 0.500. The van der Waals surface area contributed by atoms with E-state index in [-0.39, 0.29) is 0 Å². The predicted octanol–water partition coefficient (Wildman–Crippen LogP) is 3.52. The minimum Gasteiger partial charge on any atom is -0.370 e. The second-order valence-electron chi connectivity index (χ2n) is 3.78. The van der Waals surface area contributed by atoms with E-state index in [4.69, 9.17) is 11.6 Å². The zero-order chi connectivity index (χ0) is 9.80. The molecule has 1 aromatic carbocycles. The predicted molar refractivity (Wildman–Crippen MR) is 61.0 cm³/mol. The number of nitrogens with zero attached hydrogens (tertiary/aromatic N) is 1. The van der Waals surface area contributed by atoms with E-state index in [0.717, 1.165) is 18.1 Å². The van der Waals surface area contributed by atoms with E-state index in [9.17, 15) is 0 Å². The van der Waals surface area contributed by atoms with Crippen LogP contribution in [0.2, 0.25) is 5.02 Å². The summed E-state index contributed by atoms with van der Waals surface area (Å²) in [6.45, 7) is 2.29. The quantitative estimate of drug-likeness (QED) is 0.683. The highest BCUT2D eigenvalue weighted by Gasteiger charge is 2.11. The number of anilines is 1. The fourth-order valence-corrected chi connectivity index (χ4v) is 2.22. The molecule has 0 saturated carbocycles. The molecule has 2 heteroatoms. The summed E-state index contributed by atoms with van der Waals surface area (Å²) < 4.78 is 0. The third-order valence-corrected chi connectivity index (χ3v) is 3.04. The standard InChI is InChI=1S/C12H15ClN/c13-11-7-3-4-8-12(11)14-9-5-1-2-6-10-14/h4,7-8H,1-2,5-6,9-10H2. The summed E-state index contributed by atoms with van der Waals surface area (Å²) >= 11 is 6.14. The average Bonchev–Trinajstić information content (AvgIpc) is 2.47. The van der Waals surface area contributed by atoms with E-state index in [0.29, 0.717) is 0 Å². The summed E-state index contributed by atoms with van der Waals surface area (Å²) in [5, 5.41) is 0.828. The maximum Gasteiger partial charge on any atom is 0.0645 e. The molecule has 1 aliphatic heterocycles. The van der Waals surface area contributed by atoms with Crippen molar-refractivity contribution < 1.29 is 0 Å². The molecule has 0 spiro atoms. The Bertz CT molecular complexity index is 290. The van der Waals surface area contributed by atoms with Crippen LogP contribution in [-0.2, 0) is 0 Å². The molecule has 0 unspecified atom stereocenters. The van der Waals surface area contributed by atoms with Crippen LogP contribution in [0.3, 0.4) is 0 Å². The third kappa shape index (κ3) is 2.21. The van der Waals surface area contributed by atoms with E-state index in [1.54, 1.807) is 0 Å². The zero-order valence-electron chi connectivity index (χ0n) is 8.30. The van der Waals surface area contributed by atoms with Crippen LogP contribution in [-0.4, -0.2) is 13.1 Å². The molecule has 0 N–H and O–H groups in total. The van der Waals surface area contributed by atoms with Crippen LogP contribution in [0.1, 0.15) is 25.7 Å². The molecular weight excluding hydrogens is 194 g/mol. The zero-order valence-corrected chi connectivity index (χ0v) is 9.06. The first-order valence-corrected chi connectivity index (χ1v) is 5.66. The van der Waals surface area contributed by atoms with Crippen LogP contribution in [0.25, 0.3) is 0 Å². The van der Waals surface area contributed by atoms with Gasteiger partial charge in [-0.3, -0.25) is 0 Å². The van der Waals surface area contributed by atoms with Gasteiger partial charge in [0.15, 0.2) is 0 Å². The average molecular weight is 209 g/mol. The summed E-state index contributed by atoms with van der Waals surface area (Å²) in [4.78, 5) is 2.39. The number of halogens is 1. The van der Waals surface area contributed by atoms with Gasteiger partial charge in [0.05, 0.1) is 10.7 Å². The lowest BCUT2D eigenvalue weighted by atomic mass is 10.2. The van der Waals surface area contributed by atoms with Crippen LogP contribution in [0.15, 0.2) is 18.2 Å². The van der Waals surface area contributed by atoms with Crippen molar-refractivity contribution in [2.45, 2.75) is 25.7 Å². The number of rotatable bonds is 1. The Hall–Kier alpha value is -0.690. The molecule has 1 fully saturated rings. The van der Waals surface area contributed by atoms with E-state index >= 15 is 0 Å². The maximum atomic E-state index is 6.14. The Morgan fingerprint density at radius 1 is 1.14 bits per heavy atom. The van der Waals surface area contributed by atoms with Gasteiger partial charge in [0.2, 0.25) is 0 Å². The van der Waals surface area contributed by atoms with E-state index < -0.39 is 0 Å². The van der Waals surface area contributed by atoms with Crippen molar-refractivity contribution in [1.82, 2.24) is 0 Å². The van der Waals surface area contributed by atoms with Gasteiger partial charge in [-0.2, -0.15) is 0 Å². The highest BCUT2D eigenvalue weighted by molar-refractivity contribution is 6.33. The summed E-state index contributed by atoms with van der Waals surface area (Å²) in [6.07, 6.45) is 5.28. The van der Waals surface area contributed by atoms with Crippen molar-refractivity contribution >= 4 is 17.3 Å². The highest BCUT2D eigenvalue weighted by atomic mass is 35.5. The molecule has 1 aromatic rings. The van der Waals surface area contributed by atoms with E-state index in [1.165, 1.54) is 31.4 Å². The first kappa shape index (κ1) is 9.85. The van der Waals surface area contributed by atoms with Gasteiger partial charge in [-0.05, 0) is 31.0 Å². The van der Waals surface area contributed by atoms with Crippen LogP contribution in [0.4, 0.5) is 5.69 Å². The molecule has 0 aromatic heterocycles. The van der Waals surface area contributed by atoms with Crippen molar-refractivity contribution in [3.05, 3.63) is 29.3 Å². The smallest absolute Gasteiger partial charge is 0.0645 e. The van der Waals surface area contributed by atoms with Crippen LogP contribution >= 0.6 is 11.6 Å². The minimum absolute atomic E-state index is 0.828. The second-order valence-corrected chi connectivity index (χ2v) is 4.19. The lowest BCUT2D eigenvalue weighted by Crippen LogP contribution is -2.23. The Labute approximate surface area is 90.7 Å². The van der Waals surface area contributed by atoms with Gasteiger partial charge in [0.25, 0.3) is 0 Å². The number of hydrogen-bond acceptors (Lipinski definition) is 1. The van der Waals surface area contributed by atoms with Gasteiger partial charge in [-0.15, -0.1) is 0 Å². The second kappa shape index (κ2) is 4.70. The molecule has 0 bridgehead atoms. The monoisotopic (exact) mass is 208 g/mol. The van der Waals surface area contributed by atoms with Crippen LogP contribution in [0.5, 0.6) is 0 Å². The third-order valence-electron chi connectivity index (χ3n) is 2.74. The molecule has 0 amide bonds. The lowest BCUT2D eigenvalue weighted by molar-refractivity contribution is 0.726. The van der Waals surface area contributed by atoms with Gasteiger partial charge < -0.3 is 4.90 Å². The van der Waals surface area contributed by atoms with Gasteiger partial charge in [-0.1, -0.05) is 30.5 Å². The SMILES string of the molecule is Clc1c[c]ccc1N1CCCCCC1. The Morgan fingerprint density at radius 2 is 1.86 bits per heavy atom. The minimum atomic E-state index is 0.828. The Balaban J connectivity index is 2.16. The Morgan fingerprint density at radius 3 is 2.50 bits per heavy atom. The first-order chi connectivity index (χ1) is 6.88. The van der Waals surface area contributed by atoms with E-state index in [2.05, 4.69) is 17.0 Å². The van der Waals surface area contributed by atoms with Crippen LogP contribution < -0.4 is 4.90 Å². The molecule has 2 rings (SSSR count). The van der Waals surface area contributed by atoms with Crippen molar-refractivity contribution in [2.24, 2.45) is 0 Å².